The summed E-state index contributed by atoms with van der Waals surface area (Å²) in [5.74, 6) is 0.761. The first-order valence-electron chi connectivity index (χ1n) is 7.14. The van der Waals surface area contributed by atoms with E-state index in [0.29, 0.717) is 17.3 Å². The summed E-state index contributed by atoms with van der Waals surface area (Å²) in [6.07, 6.45) is -0.600. The maximum atomic E-state index is 12.1. The van der Waals surface area contributed by atoms with Gasteiger partial charge in [-0.2, -0.15) is 4.98 Å². The predicted octanol–water partition coefficient (Wildman–Crippen LogP) is 2.18. The maximum Gasteiger partial charge on any atom is 0.257 e. The van der Waals surface area contributed by atoms with E-state index in [1.807, 2.05) is 20.8 Å². The molecule has 0 spiro atoms. The van der Waals surface area contributed by atoms with Gasteiger partial charge in [-0.15, -0.1) is 0 Å². The monoisotopic (exact) mass is 303 g/mol. The second-order valence-corrected chi connectivity index (χ2v) is 6.32. The van der Waals surface area contributed by atoms with E-state index >= 15 is 0 Å². The molecule has 2 aromatic rings. The topological polar surface area (TPSA) is 88.2 Å². The van der Waals surface area contributed by atoms with Crippen molar-refractivity contribution < 1.29 is 14.4 Å². The molecule has 1 atom stereocenters. The van der Waals surface area contributed by atoms with Gasteiger partial charge in [0.15, 0.2) is 5.82 Å². The van der Waals surface area contributed by atoms with Crippen molar-refractivity contribution >= 4 is 5.91 Å². The molecule has 0 radical (unpaired) electrons. The number of aromatic nitrogens is 2. The van der Waals surface area contributed by atoms with E-state index in [1.54, 1.807) is 31.2 Å². The summed E-state index contributed by atoms with van der Waals surface area (Å²) >= 11 is 0. The van der Waals surface area contributed by atoms with Crippen LogP contribution in [0.2, 0.25) is 0 Å². The standard InChI is InChI=1S/C16H21N3O3/c1-10-18-15(22-19-10)12-7-5-11(6-8-12)14(21)17-9-13(20)16(2,3)4/h5-8,13,20H,9H2,1-4H3,(H,17,21). The van der Waals surface area contributed by atoms with Crippen LogP contribution in [0.15, 0.2) is 28.8 Å². The van der Waals surface area contributed by atoms with Gasteiger partial charge in [0.05, 0.1) is 6.10 Å². The molecule has 0 saturated carbocycles. The number of benzene rings is 1. The fraction of sp³-hybridized carbons (Fsp3) is 0.438. The highest BCUT2D eigenvalue weighted by Crippen LogP contribution is 2.19. The lowest BCUT2D eigenvalue weighted by molar-refractivity contribution is 0.0587. The number of nitrogens with zero attached hydrogens (tertiary/aromatic N) is 2. The highest BCUT2D eigenvalue weighted by Gasteiger charge is 2.22. The van der Waals surface area contributed by atoms with Crippen molar-refractivity contribution in [1.29, 1.82) is 0 Å². The third-order valence-electron chi connectivity index (χ3n) is 3.38. The minimum absolute atomic E-state index is 0.215. The largest absolute Gasteiger partial charge is 0.391 e. The quantitative estimate of drug-likeness (QED) is 0.904. The van der Waals surface area contributed by atoms with Gasteiger partial charge >= 0.3 is 0 Å². The molecule has 1 unspecified atom stereocenters. The van der Waals surface area contributed by atoms with Crippen LogP contribution in [0.5, 0.6) is 0 Å². The molecule has 1 heterocycles. The van der Waals surface area contributed by atoms with Gasteiger partial charge in [-0.3, -0.25) is 4.79 Å². The zero-order chi connectivity index (χ0) is 16.3. The Kier molecular flexibility index (Phi) is 4.61. The maximum absolute atomic E-state index is 12.1. The second kappa shape index (κ2) is 6.27. The Morgan fingerprint density at radius 1 is 1.32 bits per heavy atom. The predicted molar refractivity (Wildman–Crippen MR) is 82.3 cm³/mol. The summed E-state index contributed by atoms with van der Waals surface area (Å²) in [6, 6.07) is 6.88. The van der Waals surface area contributed by atoms with Crippen LogP contribution in [0.4, 0.5) is 0 Å². The van der Waals surface area contributed by atoms with E-state index in [9.17, 15) is 9.90 Å². The number of hydrogen-bond donors (Lipinski definition) is 2. The fourth-order valence-electron chi connectivity index (χ4n) is 1.78. The molecule has 2 N–H and O–H groups in total. The van der Waals surface area contributed by atoms with Crippen LogP contribution < -0.4 is 5.32 Å². The molecule has 1 aromatic heterocycles. The smallest absolute Gasteiger partial charge is 0.257 e. The zero-order valence-corrected chi connectivity index (χ0v) is 13.3. The van der Waals surface area contributed by atoms with Gasteiger partial charge in [-0.1, -0.05) is 25.9 Å². The van der Waals surface area contributed by atoms with E-state index < -0.39 is 6.10 Å². The molecular formula is C16H21N3O3. The van der Waals surface area contributed by atoms with Crippen LogP contribution in [0.25, 0.3) is 11.5 Å². The van der Waals surface area contributed by atoms with E-state index in [-0.39, 0.29) is 17.9 Å². The van der Waals surface area contributed by atoms with E-state index in [1.165, 1.54) is 0 Å². The summed E-state index contributed by atoms with van der Waals surface area (Å²) in [5.41, 5.74) is 1.00. The van der Waals surface area contributed by atoms with Crippen LogP contribution >= 0.6 is 0 Å². The number of aryl methyl sites for hydroxylation is 1. The lowest BCUT2D eigenvalue weighted by atomic mass is 9.89. The molecule has 0 bridgehead atoms. The van der Waals surface area contributed by atoms with E-state index in [0.717, 1.165) is 5.56 Å². The third kappa shape index (κ3) is 3.92. The van der Waals surface area contributed by atoms with Crippen molar-refractivity contribution in [2.45, 2.75) is 33.8 Å². The molecule has 1 amide bonds. The highest BCUT2D eigenvalue weighted by atomic mass is 16.5. The molecule has 0 aliphatic carbocycles. The van der Waals surface area contributed by atoms with Crippen LogP contribution in [0.1, 0.15) is 37.0 Å². The second-order valence-electron chi connectivity index (χ2n) is 6.32. The first kappa shape index (κ1) is 16.2. The van der Waals surface area contributed by atoms with Gasteiger partial charge < -0.3 is 14.9 Å². The molecule has 1 aromatic carbocycles. The molecule has 0 aliphatic heterocycles. The van der Waals surface area contributed by atoms with Gasteiger partial charge in [-0.25, -0.2) is 0 Å². The Morgan fingerprint density at radius 3 is 2.45 bits per heavy atom. The Balaban J connectivity index is 2.00. The van der Waals surface area contributed by atoms with Crippen LogP contribution in [0, 0.1) is 12.3 Å². The van der Waals surface area contributed by atoms with Gasteiger partial charge in [0.2, 0.25) is 0 Å². The summed E-state index contributed by atoms with van der Waals surface area (Å²) in [5, 5.41) is 16.4. The first-order chi connectivity index (χ1) is 10.3. The number of hydrogen-bond acceptors (Lipinski definition) is 5. The average Bonchev–Trinajstić information content (AvgIpc) is 2.90. The van der Waals surface area contributed by atoms with Crippen molar-refractivity contribution in [3.05, 3.63) is 35.7 Å². The van der Waals surface area contributed by atoms with Crippen molar-refractivity contribution in [2.24, 2.45) is 5.41 Å². The Bertz CT molecular complexity index is 641. The summed E-state index contributed by atoms with van der Waals surface area (Å²) in [6.45, 7) is 7.73. The summed E-state index contributed by atoms with van der Waals surface area (Å²) < 4.78 is 5.07. The van der Waals surface area contributed by atoms with Crippen LogP contribution in [-0.2, 0) is 0 Å². The molecule has 0 fully saturated rings. The lowest BCUT2D eigenvalue weighted by Gasteiger charge is -2.25. The minimum Gasteiger partial charge on any atom is -0.391 e. The lowest BCUT2D eigenvalue weighted by Crippen LogP contribution is -2.39. The molecule has 2 rings (SSSR count). The van der Waals surface area contributed by atoms with Crippen LogP contribution in [-0.4, -0.2) is 33.8 Å². The van der Waals surface area contributed by atoms with Gasteiger partial charge in [0, 0.05) is 17.7 Å². The van der Waals surface area contributed by atoms with E-state index in [2.05, 4.69) is 15.5 Å². The fourth-order valence-corrected chi connectivity index (χ4v) is 1.78. The number of aliphatic hydroxyl groups is 1. The van der Waals surface area contributed by atoms with E-state index in [4.69, 9.17) is 4.52 Å². The van der Waals surface area contributed by atoms with Crippen molar-refractivity contribution in [3.63, 3.8) is 0 Å². The molecule has 22 heavy (non-hydrogen) atoms. The number of carbonyl (C=O) groups excluding carboxylic acids is 1. The SMILES string of the molecule is Cc1noc(-c2ccc(C(=O)NCC(O)C(C)(C)C)cc2)n1. The van der Waals surface area contributed by atoms with Gasteiger partial charge in [0.25, 0.3) is 11.8 Å². The number of carbonyl (C=O) groups is 1. The van der Waals surface area contributed by atoms with Gasteiger partial charge in [-0.05, 0) is 36.6 Å². The van der Waals surface area contributed by atoms with Crippen molar-refractivity contribution in [1.82, 2.24) is 15.5 Å². The number of aliphatic hydroxyl groups excluding tert-OH is 1. The summed E-state index contributed by atoms with van der Waals surface area (Å²) in [4.78, 5) is 16.2. The Labute approximate surface area is 129 Å². The number of nitrogens with one attached hydrogen (secondary N) is 1. The summed E-state index contributed by atoms with van der Waals surface area (Å²) in [7, 11) is 0. The third-order valence-corrected chi connectivity index (χ3v) is 3.38. The van der Waals surface area contributed by atoms with Crippen LogP contribution in [0.3, 0.4) is 0 Å². The average molecular weight is 303 g/mol. The number of rotatable bonds is 4. The first-order valence-corrected chi connectivity index (χ1v) is 7.14. The normalized spacial score (nSPS) is 13.0. The molecule has 0 saturated heterocycles. The Morgan fingerprint density at radius 2 is 1.95 bits per heavy atom. The van der Waals surface area contributed by atoms with Crippen molar-refractivity contribution in [2.75, 3.05) is 6.54 Å². The zero-order valence-electron chi connectivity index (χ0n) is 13.3. The molecule has 6 heteroatoms. The molecule has 0 aliphatic rings. The highest BCUT2D eigenvalue weighted by molar-refractivity contribution is 5.94. The molecule has 118 valence electrons. The minimum atomic E-state index is -0.600. The van der Waals surface area contributed by atoms with Crippen molar-refractivity contribution in [3.8, 4) is 11.5 Å². The molecule has 6 nitrogen and oxygen atoms in total. The Hall–Kier alpha value is -2.21. The molecular weight excluding hydrogens is 282 g/mol. The number of amides is 1. The van der Waals surface area contributed by atoms with Gasteiger partial charge in [0.1, 0.15) is 0 Å².